The number of nitriles is 1. The number of hydrogen-bond acceptors (Lipinski definition) is 7. The molecule has 1 aliphatic rings. The van der Waals surface area contributed by atoms with E-state index in [0.29, 0.717) is 6.04 Å². The van der Waals surface area contributed by atoms with Crippen LogP contribution in [0.1, 0.15) is 45.2 Å². The van der Waals surface area contributed by atoms with Crippen LogP contribution in [0.4, 0.5) is 5.69 Å². The molecule has 0 radical (unpaired) electrons. The highest BCUT2D eigenvalue weighted by Crippen LogP contribution is 2.34. The van der Waals surface area contributed by atoms with E-state index in [9.17, 15) is 4.79 Å². The fourth-order valence-corrected chi connectivity index (χ4v) is 5.50. The van der Waals surface area contributed by atoms with Crippen LogP contribution in [-0.2, 0) is 13.6 Å². The van der Waals surface area contributed by atoms with Gasteiger partial charge in [-0.15, -0.1) is 0 Å². The van der Waals surface area contributed by atoms with Crippen LogP contribution in [-0.4, -0.2) is 54.4 Å². The fraction of sp³-hybridized carbons (Fsp3) is 0.444. The van der Waals surface area contributed by atoms with Gasteiger partial charge in [0.25, 0.3) is 5.56 Å². The maximum atomic E-state index is 12.9. The summed E-state index contributed by atoms with van der Waals surface area (Å²) in [5, 5.41) is 13.9. The molecule has 186 valence electrons. The molecule has 3 atom stereocenters. The van der Waals surface area contributed by atoms with Crippen LogP contribution in [0.15, 0.2) is 47.7 Å². The van der Waals surface area contributed by atoms with Crippen LogP contribution in [0.5, 0.6) is 0 Å². The Balaban J connectivity index is 1.51. The molecule has 4 heterocycles. The Morgan fingerprint density at radius 1 is 1.08 bits per heavy atom. The van der Waals surface area contributed by atoms with Crippen LogP contribution in [0.25, 0.3) is 22.1 Å². The van der Waals surface area contributed by atoms with Gasteiger partial charge in [0.15, 0.2) is 0 Å². The van der Waals surface area contributed by atoms with Crippen molar-refractivity contribution < 1.29 is 0 Å². The van der Waals surface area contributed by atoms with Crippen LogP contribution < -0.4 is 10.5 Å². The van der Waals surface area contributed by atoms with Crippen LogP contribution in [0, 0.1) is 11.3 Å². The van der Waals surface area contributed by atoms with Gasteiger partial charge in [0.1, 0.15) is 12.1 Å². The molecule has 0 saturated carbocycles. The summed E-state index contributed by atoms with van der Waals surface area (Å²) in [6.07, 6.45) is 7.18. The van der Waals surface area contributed by atoms with E-state index in [2.05, 4.69) is 64.8 Å². The summed E-state index contributed by atoms with van der Waals surface area (Å²) >= 11 is 0. The van der Waals surface area contributed by atoms with Crippen molar-refractivity contribution in [3.8, 4) is 6.07 Å². The van der Waals surface area contributed by atoms with Crippen LogP contribution in [0.3, 0.4) is 0 Å². The highest BCUT2D eigenvalue weighted by molar-refractivity contribution is 5.88. The van der Waals surface area contributed by atoms with Crippen molar-refractivity contribution in [2.45, 2.75) is 58.3 Å². The van der Waals surface area contributed by atoms with E-state index >= 15 is 0 Å². The zero-order valence-electron chi connectivity index (χ0n) is 21.3. The number of fused-ring (bicyclic) bond motifs is 2. The minimum atomic E-state index is -0.0648. The molecule has 1 fully saturated rings. The van der Waals surface area contributed by atoms with Crippen molar-refractivity contribution in [2.75, 3.05) is 18.0 Å². The SMILES string of the molecule is CC[C@H]1CN(C(C)c2ccc3nccnc3c2)[C@H](CC)CN1c1cc(=O)n(C)c2cn(CC#N)nc12. The third kappa shape index (κ3) is 4.11. The third-order valence-electron chi connectivity index (χ3n) is 7.63. The highest BCUT2D eigenvalue weighted by Gasteiger charge is 2.36. The minimum absolute atomic E-state index is 0.0648. The summed E-state index contributed by atoms with van der Waals surface area (Å²) in [4.78, 5) is 26.8. The summed E-state index contributed by atoms with van der Waals surface area (Å²) in [5.74, 6) is 0. The Morgan fingerprint density at radius 3 is 2.56 bits per heavy atom. The quantitative estimate of drug-likeness (QED) is 0.412. The first-order valence-corrected chi connectivity index (χ1v) is 12.6. The van der Waals surface area contributed by atoms with Crippen molar-refractivity contribution in [3.63, 3.8) is 0 Å². The number of benzene rings is 1. The lowest BCUT2D eigenvalue weighted by Gasteiger charge is -2.49. The monoisotopic (exact) mass is 484 g/mol. The van der Waals surface area contributed by atoms with Gasteiger partial charge in [-0.05, 0) is 37.5 Å². The predicted molar refractivity (Wildman–Crippen MR) is 141 cm³/mol. The summed E-state index contributed by atoms with van der Waals surface area (Å²) in [5.41, 5.74) is 5.38. The maximum absolute atomic E-state index is 12.9. The molecule has 1 aromatic carbocycles. The van der Waals surface area contributed by atoms with Crippen molar-refractivity contribution in [1.82, 2.24) is 29.2 Å². The Morgan fingerprint density at radius 2 is 1.83 bits per heavy atom. The molecule has 0 N–H and O–H groups in total. The molecule has 1 unspecified atom stereocenters. The van der Waals surface area contributed by atoms with Gasteiger partial charge in [0.2, 0.25) is 0 Å². The Kier molecular flexibility index (Phi) is 6.46. The van der Waals surface area contributed by atoms with Gasteiger partial charge >= 0.3 is 0 Å². The first-order chi connectivity index (χ1) is 17.4. The number of pyridine rings is 1. The number of nitrogens with zero attached hydrogens (tertiary/aromatic N) is 8. The molecular formula is C27H32N8O. The van der Waals surface area contributed by atoms with Gasteiger partial charge in [-0.2, -0.15) is 10.4 Å². The lowest BCUT2D eigenvalue weighted by atomic mass is 9.96. The van der Waals surface area contributed by atoms with Crippen molar-refractivity contribution in [2.24, 2.45) is 7.05 Å². The van der Waals surface area contributed by atoms with Gasteiger partial charge in [0, 0.05) is 56.7 Å². The van der Waals surface area contributed by atoms with E-state index in [1.54, 1.807) is 41.0 Å². The molecule has 1 aliphatic heterocycles. The zero-order valence-corrected chi connectivity index (χ0v) is 21.3. The zero-order chi connectivity index (χ0) is 25.4. The van der Waals surface area contributed by atoms with E-state index in [0.717, 1.165) is 53.7 Å². The van der Waals surface area contributed by atoms with E-state index < -0.39 is 0 Å². The first-order valence-electron chi connectivity index (χ1n) is 12.6. The average molecular weight is 485 g/mol. The summed E-state index contributed by atoms with van der Waals surface area (Å²) in [7, 11) is 1.76. The van der Waals surface area contributed by atoms with E-state index in [4.69, 9.17) is 10.4 Å². The van der Waals surface area contributed by atoms with E-state index in [1.807, 2.05) is 0 Å². The third-order valence-corrected chi connectivity index (χ3v) is 7.63. The van der Waals surface area contributed by atoms with Crippen LogP contribution in [0.2, 0.25) is 0 Å². The number of anilines is 1. The number of piperazine rings is 1. The number of hydrogen-bond donors (Lipinski definition) is 0. The van der Waals surface area contributed by atoms with Gasteiger partial charge < -0.3 is 9.47 Å². The Bertz CT molecular complexity index is 1500. The molecule has 5 rings (SSSR count). The van der Waals surface area contributed by atoms with Crippen molar-refractivity contribution >= 4 is 27.8 Å². The molecule has 9 heteroatoms. The predicted octanol–water partition coefficient (Wildman–Crippen LogP) is 3.64. The molecule has 0 amide bonds. The summed E-state index contributed by atoms with van der Waals surface area (Å²) < 4.78 is 3.23. The summed E-state index contributed by atoms with van der Waals surface area (Å²) in [6.45, 7) is 8.53. The van der Waals surface area contributed by atoms with Gasteiger partial charge in [-0.25, -0.2) is 0 Å². The molecule has 0 aliphatic carbocycles. The second kappa shape index (κ2) is 9.70. The molecule has 1 saturated heterocycles. The first kappa shape index (κ1) is 23.9. The topological polar surface area (TPSA) is 95.9 Å². The van der Waals surface area contributed by atoms with Crippen LogP contribution >= 0.6 is 0 Å². The molecule has 36 heavy (non-hydrogen) atoms. The highest BCUT2D eigenvalue weighted by atomic mass is 16.1. The number of aryl methyl sites for hydroxylation is 1. The molecule has 4 aromatic rings. The second-order valence-corrected chi connectivity index (χ2v) is 9.60. The lowest BCUT2D eigenvalue weighted by molar-refractivity contribution is 0.101. The summed E-state index contributed by atoms with van der Waals surface area (Å²) in [6, 6.07) is 11.0. The number of aromatic nitrogens is 5. The molecule has 3 aromatic heterocycles. The van der Waals surface area contributed by atoms with E-state index in [-0.39, 0.29) is 24.2 Å². The largest absolute Gasteiger partial charge is 0.364 e. The van der Waals surface area contributed by atoms with Gasteiger partial charge in [-0.3, -0.25) is 24.3 Å². The maximum Gasteiger partial charge on any atom is 0.252 e. The normalized spacial score (nSPS) is 19.6. The fourth-order valence-electron chi connectivity index (χ4n) is 5.50. The molecule has 0 spiro atoms. The number of rotatable bonds is 6. The van der Waals surface area contributed by atoms with Crippen molar-refractivity contribution in [1.29, 1.82) is 5.26 Å². The minimum Gasteiger partial charge on any atom is -0.364 e. The Hall–Kier alpha value is -3.77. The Labute approximate surface area is 210 Å². The van der Waals surface area contributed by atoms with Crippen molar-refractivity contribution in [3.05, 3.63) is 58.8 Å². The molecular weight excluding hydrogens is 452 g/mol. The molecule has 9 nitrogen and oxygen atoms in total. The lowest BCUT2D eigenvalue weighted by Crippen LogP contribution is -2.58. The van der Waals surface area contributed by atoms with Gasteiger partial charge in [0.05, 0.1) is 34.5 Å². The standard InChI is InChI=1S/C27H32N8O/c1-5-20-16-35(24-14-26(36)32(4)25-17-33(12-9-28)31-27(24)25)21(6-2)15-34(20)18(3)19-7-8-22-23(13-19)30-11-10-29-22/h7-8,10-11,13-14,17-18,20-21H,5-6,12,15-16H2,1-4H3/t18?,20-,21+/m1/s1. The average Bonchev–Trinajstić information content (AvgIpc) is 3.33. The van der Waals surface area contributed by atoms with Gasteiger partial charge in [-0.1, -0.05) is 19.9 Å². The molecule has 0 bridgehead atoms. The smallest absolute Gasteiger partial charge is 0.252 e. The second-order valence-electron chi connectivity index (χ2n) is 9.60. The van der Waals surface area contributed by atoms with E-state index in [1.165, 1.54) is 5.56 Å².